The van der Waals surface area contributed by atoms with Crippen molar-refractivity contribution < 1.29 is 4.74 Å². The first-order valence-corrected chi connectivity index (χ1v) is 6.21. The number of ether oxygens (including phenoxy) is 1. The Hall–Kier alpha value is -0.440. The average molecular weight is 262 g/mol. The second-order valence-electron chi connectivity index (χ2n) is 3.71. The highest BCUT2D eigenvalue weighted by atomic mass is 35.5. The first-order chi connectivity index (χ1) is 7.63. The fourth-order valence-electron chi connectivity index (χ4n) is 1.31. The van der Waals surface area contributed by atoms with E-state index in [9.17, 15) is 0 Å². The molecule has 0 heterocycles. The third-order valence-corrected chi connectivity index (χ3v) is 2.83. The van der Waals surface area contributed by atoms with Crippen LogP contribution in [0.2, 0.25) is 10.0 Å². The fourth-order valence-corrected chi connectivity index (χ4v) is 1.59. The molecule has 90 valence electrons. The van der Waals surface area contributed by atoms with Gasteiger partial charge in [-0.05, 0) is 32.0 Å². The molecule has 1 rings (SSSR count). The van der Waals surface area contributed by atoms with Gasteiger partial charge < -0.3 is 10.1 Å². The third kappa shape index (κ3) is 4.60. The van der Waals surface area contributed by atoms with Crippen molar-refractivity contribution in [1.82, 2.24) is 5.32 Å². The Kier molecular flexibility index (Phi) is 5.96. The molecular formula is C12H17Cl2NO. The molecule has 0 aliphatic rings. The van der Waals surface area contributed by atoms with E-state index in [1.165, 1.54) is 0 Å². The van der Waals surface area contributed by atoms with E-state index < -0.39 is 0 Å². The van der Waals surface area contributed by atoms with Gasteiger partial charge in [-0.3, -0.25) is 0 Å². The van der Waals surface area contributed by atoms with E-state index in [1.807, 2.05) is 13.0 Å². The summed E-state index contributed by atoms with van der Waals surface area (Å²) >= 11 is 11.7. The molecule has 0 bridgehead atoms. The van der Waals surface area contributed by atoms with Crippen molar-refractivity contribution in [3.63, 3.8) is 0 Å². The van der Waals surface area contributed by atoms with Crippen molar-refractivity contribution >= 4 is 23.2 Å². The minimum absolute atomic E-state index is 0.115. The van der Waals surface area contributed by atoms with E-state index in [0.29, 0.717) is 10.0 Å². The molecule has 4 heteroatoms. The molecule has 2 nitrogen and oxygen atoms in total. The van der Waals surface area contributed by atoms with Crippen LogP contribution in [-0.2, 0) is 0 Å². The summed E-state index contributed by atoms with van der Waals surface area (Å²) in [6.07, 6.45) is 1.24. The Balaban J connectivity index is 2.43. The Bertz CT molecular complexity index is 331. The summed E-state index contributed by atoms with van der Waals surface area (Å²) in [6, 6.07) is 5.30. The maximum absolute atomic E-state index is 5.90. The van der Waals surface area contributed by atoms with Crippen LogP contribution >= 0.6 is 23.2 Å². The summed E-state index contributed by atoms with van der Waals surface area (Å²) < 4.78 is 5.69. The largest absolute Gasteiger partial charge is 0.489 e. The molecule has 0 amide bonds. The summed E-state index contributed by atoms with van der Waals surface area (Å²) in [5, 5.41) is 4.37. The lowest BCUT2D eigenvalue weighted by atomic mass is 10.3. The predicted octanol–water partition coefficient (Wildman–Crippen LogP) is 3.76. The standard InChI is InChI=1S/C12H17Cl2NO/c1-3-6-15-8-9(2)16-10-4-5-11(13)12(14)7-10/h4-5,7,9,15H,3,6,8H2,1-2H3. The topological polar surface area (TPSA) is 21.3 Å². The van der Waals surface area contributed by atoms with Gasteiger partial charge in [0.2, 0.25) is 0 Å². The summed E-state index contributed by atoms with van der Waals surface area (Å²) in [7, 11) is 0. The summed E-state index contributed by atoms with van der Waals surface area (Å²) in [5.74, 6) is 0.750. The number of halogens is 2. The lowest BCUT2D eigenvalue weighted by Gasteiger charge is -2.15. The van der Waals surface area contributed by atoms with Crippen LogP contribution in [0.4, 0.5) is 0 Å². The van der Waals surface area contributed by atoms with Crippen molar-refractivity contribution in [3.8, 4) is 5.75 Å². The molecule has 1 aromatic rings. The van der Waals surface area contributed by atoms with Crippen molar-refractivity contribution in [3.05, 3.63) is 28.2 Å². The molecule has 16 heavy (non-hydrogen) atoms. The van der Waals surface area contributed by atoms with Crippen LogP contribution in [0.5, 0.6) is 5.75 Å². The minimum atomic E-state index is 0.115. The highest BCUT2D eigenvalue weighted by Gasteiger charge is 2.05. The second kappa shape index (κ2) is 7.00. The van der Waals surface area contributed by atoms with Gasteiger partial charge in [-0.25, -0.2) is 0 Å². The zero-order valence-electron chi connectivity index (χ0n) is 9.59. The van der Waals surface area contributed by atoms with Crippen LogP contribution in [0.3, 0.4) is 0 Å². The van der Waals surface area contributed by atoms with Gasteiger partial charge in [0.05, 0.1) is 10.0 Å². The third-order valence-electron chi connectivity index (χ3n) is 2.09. The smallest absolute Gasteiger partial charge is 0.121 e. The van der Waals surface area contributed by atoms with Gasteiger partial charge >= 0.3 is 0 Å². The quantitative estimate of drug-likeness (QED) is 0.788. The van der Waals surface area contributed by atoms with Gasteiger partial charge in [0, 0.05) is 12.6 Å². The van der Waals surface area contributed by atoms with Gasteiger partial charge in [0.1, 0.15) is 11.9 Å². The normalized spacial score (nSPS) is 12.5. The average Bonchev–Trinajstić information content (AvgIpc) is 2.24. The van der Waals surface area contributed by atoms with Gasteiger partial charge in [0.25, 0.3) is 0 Å². The Morgan fingerprint density at radius 1 is 1.31 bits per heavy atom. The van der Waals surface area contributed by atoms with E-state index in [4.69, 9.17) is 27.9 Å². The van der Waals surface area contributed by atoms with Crippen LogP contribution in [0.1, 0.15) is 20.3 Å². The molecule has 1 atom stereocenters. The van der Waals surface area contributed by atoms with Crippen LogP contribution in [-0.4, -0.2) is 19.2 Å². The Labute approximate surface area is 107 Å². The van der Waals surface area contributed by atoms with Gasteiger partial charge in [-0.1, -0.05) is 30.1 Å². The molecule has 0 aromatic heterocycles. The maximum atomic E-state index is 5.90. The molecule has 0 radical (unpaired) electrons. The minimum Gasteiger partial charge on any atom is -0.489 e. The molecular weight excluding hydrogens is 245 g/mol. The molecule has 1 N–H and O–H groups in total. The first-order valence-electron chi connectivity index (χ1n) is 5.46. The highest BCUT2D eigenvalue weighted by molar-refractivity contribution is 6.42. The van der Waals surface area contributed by atoms with E-state index in [2.05, 4.69) is 12.2 Å². The van der Waals surface area contributed by atoms with E-state index in [-0.39, 0.29) is 6.10 Å². The summed E-state index contributed by atoms with van der Waals surface area (Å²) in [5.41, 5.74) is 0. The van der Waals surface area contributed by atoms with Crippen LogP contribution in [0.15, 0.2) is 18.2 Å². The van der Waals surface area contributed by atoms with Crippen LogP contribution < -0.4 is 10.1 Å². The number of rotatable bonds is 6. The number of hydrogen-bond acceptors (Lipinski definition) is 2. The van der Waals surface area contributed by atoms with Crippen LogP contribution in [0.25, 0.3) is 0 Å². The number of benzene rings is 1. The van der Waals surface area contributed by atoms with E-state index in [1.54, 1.807) is 12.1 Å². The molecule has 0 aliphatic carbocycles. The predicted molar refractivity (Wildman–Crippen MR) is 69.7 cm³/mol. The summed E-state index contributed by atoms with van der Waals surface area (Å²) in [4.78, 5) is 0. The van der Waals surface area contributed by atoms with E-state index in [0.717, 1.165) is 25.3 Å². The van der Waals surface area contributed by atoms with Gasteiger partial charge in [-0.15, -0.1) is 0 Å². The lowest BCUT2D eigenvalue weighted by Crippen LogP contribution is -2.29. The van der Waals surface area contributed by atoms with Crippen LogP contribution in [0, 0.1) is 0 Å². The molecule has 1 unspecified atom stereocenters. The molecule has 0 spiro atoms. The number of nitrogens with one attached hydrogen (secondary N) is 1. The molecule has 0 saturated carbocycles. The van der Waals surface area contributed by atoms with Gasteiger partial charge in [-0.2, -0.15) is 0 Å². The fraction of sp³-hybridized carbons (Fsp3) is 0.500. The monoisotopic (exact) mass is 261 g/mol. The first kappa shape index (κ1) is 13.6. The second-order valence-corrected chi connectivity index (χ2v) is 4.52. The van der Waals surface area contributed by atoms with Crippen molar-refractivity contribution in [1.29, 1.82) is 0 Å². The molecule has 0 saturated heterocycles. The van der Waals surface area contributed by atoms with Crippen molar-refractivity contribution in [2.45, 2.75) is 26.4 Å². The number of hydrogen-bond donors (Lipinski definition) is 1. The van der Waals surface area contributed by atoms with Crippen molar-refractivity contribution in [2.24, 2.45) is 0 Å². The molecule has 1 aromatic carbocycles. The van der Waals surface area contributed by atoms with E-state index >= 15 is 0 Å². The highest BCUT2D eigenvalue weighted by Crippen LogP contribution is 2.26. The lowest BCUT2D eigenvalue weighted by molar-refractivity contribution is 0.217. The Morgan fingerprint density at radius 3 is 2.69 bits per heavy atom. The van der Waals surface area contributed by atoms with Gasteiger partial charge in [0.15, 0.2) is 0 Å². The zero-order chi connectivity index (χ0) is 12.0. The Morgan fingerprint density at radius 2 is 2.06 bits per heavy atom. The zero-order valence-corrected chi connectivity index (χ0v) is 11.1. The SMILES string of the molecule is CCCNCC(C)Oc1ccc(Cl)c(Cl)c1. The van der Waals surface area contributed by atoms with Crippen molar-refractivity contribution in [2.75, 3.05) is 13.1 Å². The molecule has 0 aliphatic heterocycles. The maximum Gasteiger partial charge on any atom is 0.121 e. The summed E-state index contributed by atoms with van der Waals surface area (Å²) in [6.45, 7) is 5.99. The molecule has 0 fully saturated rings.